The molecule has 0 unspecified atom stereocenters. The van der Waals surface area contributed by atoms with E-state index in [4.69, 9.17) is 11.6 Å². The first-order valence-electron chi connectivity index (χ1n) is 10.6. The lowest BCUT2D eigenvalue weighted by Crippen LogP contribution is -2.36. The Hall–Kier alpha value is -3.64. The van der Waals surface area contributed by atoms with Gasteiger partial charge in [0.2, 0.25) is 5.91 Å². The Morgan fingerprint density at radius 2 is 1.70 bits per heavy atom. The highest BCUT2D eigenvalue weighted by Crippen LogP contribution is 2.26. The molecule has 4 rings (SSSR count). The van der Waals surface area contributed by atoms with E-state index in [1.165, 1.54) is 6.07 Å². The van der Waals surface area contributed by atoms with Crippen LogP contribution in [0.2, 0.25) is 5.02 Å². The molecule has 0 atom stereocenters. The normalized spacial score (nSPS) is 13.3. The van der Waals surface area contributed by atoms with Crippen LogP contribution in [0.15, 0.2) is 96.4 Å². The van der Waals surface area contributed by atoms with E-state index in [1.807, 2.05) is 42.5 Å². The zero-order chi connectivity index (χ0) is 23.2. The van der Waals surface area contributed by atoms with E-state index in [-0.39, 0.29) is 24.8 Å². The first-order valence-corrected chi connectivity index (χ1v) is 11.0. The van der Waals surface area contributed by atoms with Gasteiger partial charge in [-0.25, -0.2) is 9.40 Å². The van der Waals surface area contributed by atoms with Gasteiger partial charge in [0.15, 0.2) is 5.84 Å². The standard InChI is InChI=1S/C26H24ClFN4O/c1-19-31(17-22-9-5-6-10-24(22)28)26(21-11-13-23(27)14-12-21)30-32(19)18-25(33)29-16-15-20-7-3-2-4-8-20/h2-14H,1,15-18H2,(H,29,33). The Morgan fingerprint density at radius 1 is 1.00 bits per heavy atom. The topological polar surface area (TPSA) is 47.9 Å². The number of hydrogen-bond donors (Lipinski definition) is 1. The molecule has 0 radical (unpaired) electrons. The second-order valence-electron chi connectivity index (χ2n) is 7.67. The van der Waals surface area contributed by atoms with Crippen molar-refractivity contribution >= 4 is 23.3 Å². The molecule has 0 saturated heterocycles. The van der Waals surface area contributed by atoms with Gasteiger partial charge in [-0.05, 0) is 42.3 Å². The molecular weight excluding hydrogens is 439 g/mol. The Bertz CT molecular complexity index is 1160. The van der Waals surface area contributed by atoms with Crippen LogP contribution in [0.1, 0.15) is 16.7 Å². The summed E-state index contributed by atoms with van der Waals surface area (Å²) in [5, 5.41) is 9.71. The average Bonchev–Trinajstić information content (AvgIpc) is 3.11. The second kappa shape index (κ2) is 10.3. The maximum Gasteiger partial charge on any atom is 0.241 e. The molecule has 3 aromatic rings. The number of halogens is 2. The van der Waals surface area contributed by atoms with Crippen molar-refractivity contribution < 1.29 is 9.18 Å². The maximum absolute atomic E-state index is 14.3. The minimum absolute atomic E-state index is 0.0124. The van der Waals surface area contributed by atoms with E-state index < -0.39 is 0 Å². The number of nitrogens with zero attached hydrogens (tertiary/aromatic N) is 3. The van der Waals surface area contributed by atoms with Crippen molar-refractivity contribution in [3.05, 3.63) is 119 Å². The van der Waals surface area contributed by atoms with Crippen molar-refractivity contribution in [2.45, 2.75) is 13.0 Å². The van der Waals surface area contributed by atoms with Gasteiger partial charge in [0.1, 0.15) is 18.2 Å². The molecule has 5 nitrogen and oxygen atoms in total. The van der Waals surface area contributed by atoms with E-state index in [0.29, 0.717) is 28.8 Å². The van der Waals surface area contributed by atoms with Crippen LogP contribution in [0.25, 0.3) is 0 Å². The van der Waals surface area contributed by atoms with E-state index in [1.54, 1.807) is 40.2 Å². The zero-order valence-electron chi connectivity index (χ0n) is 18.0. The predicted octanol–water partition coefficient (Wildman–Crippen LogP) is 4.79. The highest BCUT2D eigenvalue weighted by Gasteiger charge is 2.30. The summed E-state index contributed by atoms with van der Waals surface area (Å²) in [5.74, 6) is 0.607. The quantitative estimate of drug-likeness (QED) is 0.523. The summed E-state index contributed by atoms with van der Waals surface area (Å²) in [7, 11) is 0. The molecule has 0 aromatic heterocycles. The number of amides is 1. The van der Waals surface area contributed by atoms with Gasteiger partial charge in [0.05, 0.1) is 6.54 Å². The van der Waals surface area contributed by atoms with Gasteiger partial charge in [-0.2, -0.15) is 5.10 Å². The van der Waals surface area contributed by atoms with Crippen LogP contribution in [-0.4, -0.2) is 34.7 Å². The van der Waals surface area contributed by atoms with Crippen LogP contribution < -0.4 is 5.32 Å². The largest absolute Gasteiger partial charge is 0.354 e. The number of hydrogen-bond acceptors (Lipinski definition) is 4. The maximum atomic E-state index is 14.3. The first-order chi connectivity index (χ1) is 16.0. The fourth-order valence-corrected chi connectivity index (χ4v) is 3.70. The van der Waals surface area contributed by atoms with Gasteiger partial charge in [0, 0.05) is 22.7 Å². The summed E-state index contributed by atoms with van der Waals surface area (Å²) < 4.78 is 14.3. The number of benzene rings is 3. The lowest BCUT2D eigenvalue weighted by atomic mass is 10.1. The molecule has 0 fully saturated rings. The molecular formula is C26H24ClFN4O. The molecule has 0 bridgehead atoms. The van der Waals surface area contributed by atoms with Gasteiger partial charge in [-0.3, -0.25) is 4.79 Å². The van der Waals surface area contributed by atoms with Crippen LogP contribution in [-0.2, 0) is 17.8 Å². The Kier molecular flexibility index (Phi) is 7.05. The SMILES string of the molecule is C=C1N(CC(=O)NCCc2ccccc2)N=C(c2ccc(Cl)cc2)N1Cc1ccccc1F. The third-order valence-corrected chi connectivity index (χ3v) is 5.59. The van der Waals surface area contributed by atoms with Crippen molar-refractivity contribution in [2.75, 3.05) is 13.1 Å². The lowest BCUT2D eigenvalue weighted by molar-refractivity contribution is -0.121. The van der Waals surface area contributed by atoms with Crippen LogP contribution in [0.4, 0.5) is 4.39 Å². The number of rotatable bonds is 8. The van der Waals surface area contributed by atoms with Gasteiger partial charge < -0.3 is 10.2 Å². The van der Waals surface area contributed by atoms with Gasteiger partial charge in [-0.1, -0.05) is 66.7 Å². The number of hydrazone groups is 1. The van der Waals surface area contributed by atoms with Crippen molar-refractivity contribution in [3.63, 3.8) is 0 Å². The molecule has 1 N–H and O–H groups in total. The molecule has 0 spiro atoms. The molecule has 1 aliphatic rings. The molecule has 1 heterocycles. The minimum atomic E-state index is -0.308. The average molecular weight is 463 g/mol. The van der Waals surface area contributed by atoms with Crippen LogP contribution in [0.5, 0.6) is 0 Å². The van der Waals surface area contributed by atoms with Crippen LogP contribution in [0, 0.1) is 5.82 Å². The Morgan fingerprint density at radius 3 is 2.42 bits per heavy atom. The molecule has 1 aliphatic heterocycles. The third kappa shape index (κ3) is 5.59. The summed E-state index contributed by atoms with van der Waals surface area (Å²) in [6, 6.07) is 23.8. The third-order valence-electron chi connectivity index (χ3n) is 5.34. The molecule has 0 aliphatic carbocycles. The van der Waals surface area contributed by atoms with E-state index in [9.17, 15) is 9.18 Å². The van der Waals surface area contributed by atoms with E-state index in [2.05, 4.69) is 17.0 Å². The minimum Gasteiger partial charge on any atom is -0.354 e. The lowest BCUT2D eigenvalue weighted by Gasteiger charge is -2.24. The number of nitrogens with one attached hydrogen (secondary N) is 1. The molecule has 1 amide bonds. The number of carbonyl (C=O) groups excluding carboxylic acids is 1. The molecule has 0 saturated carbocycles. The molecule has 3 aromatic carbocycles. The van der Waals surface area contributed by atoms with Crippen molar-refractivity contribution in [2.24, 2.45) is 5.10 Å². The Labute approximate surface area is 197 Å². The van der Waals surface area contributed by atoms with Gasteiger partial charge in [0.25, 0.3) is 0 Å². The summed E-state index contributed by atoms with van der Waals surface area (Å²) in [6.07, 6.45) is 0.742. The highest BCUT2D eigenvalue weighted by molar-refractivity contribution is 6.30. The van der Waals surface area contributed by atoms with Crippen molar-refractivity contribution in [3.8, 4) is 0 Å². The van der Waals surface area contributed by atoms with Gasteiger partial charge >= 0.3 is 0 Å². The summed E-state index contributed by atoms with van der Waals surface area (Å²) in [4.78, 5) is 14.4. The fourth-order valence-electron chi connectivity index (χ4n) is 3.57. The van der Waals surface area contributed by atoms with Crippen molar-refractivity contribution in [1.82, 2.24) is 15.2 Å². The summed E-state index contributed by atoms with van der Waals surface area (Å²) >= 11 is 6.04. The molecule has 7 heteroatoms. The summed E-state index contributed by atoms with van der Waals surface area (Å²) in [6.45, 7) is 4.90. The molecule has 33 heavy (non-hydrogen) atoms. The van der Waals surface area contributed by atoms with Crippen molar-refractivity contribution in [1.29, 1.82) is 0 Å². The van der Waals surface area contributed by atoms with Crippen LogP contribution >= 0.6 is 11.6 Å². The van der Waals surface area contributed by atoms with Gasteiger partial charge in [-0.15, -0.1) is 0 Å². The van der Waals surface area contributed by atoms with Crippen LogP contribution in [0.3, 0.4) is 0 Å². The number of carbonyl (C=O) groups is 1. The van der Waals surface area contributed by atoms with E-state index in [0.717, 1.165) is 17.5 Å². The monoisotopic (exact) mass is 462 g/mol. The first kappa shape index (κ1) is 22.6. The zero-order valence-corrected chi connectivity index (χ0v) is 18.8. The Balaban J connectivity index is 1.48. The number of amidine groups is 1. The fraction of sp³-hybridized carbons (Fsp3) is 0.154. The smallest absolute Gasteiger partial charge is 0.241 e. The predicted molar refractivity (Wildman–Crippen MR) is 129 cm³/mol. The second-order valence-corrected chi connectivity index (χ2v) is 8.10. The highest BCUT2D eigenvalue weighted by atomic mass is 35.5. The molecule has 168 valence electrons. The summed E-state index contributed by atoms with van der Waals surface area (Å²) in [5.41, 5.74) is 2.46. The van der Waals surface area contributed by atoms with E-state index >= 15 is 0 Å².